The molecule has 2 aliphatic rings. The summed E-state index contributed by atoms with van der Waals surface area (Å²) in [5.41, 5.74) is 4.04. The first kappa shape index (κ1) is 18.3. The number of esters is 1. The molecular formula is C14H20Cl2N2O5. The molecular weight excluding hydrogens is 347 g/mol. The Morgan fingerprint density at radius 1 is 1.52 bits per heavy atom. The smallest absolute Gasteiger partial charge is 0.338 e. The SMILES string of the molecule is C[C@H](N)C(=O)N[C@@H]1[C@H]2C(=C(O)CC[C@@H]2O)C(=O)O[C@]1(C)C(Cl)Cl. The van der Waals surface area contributed by atoms with Gasteiger partial charge in [-0.05, 0) is 20.3 Å². The van der Waals surface area contributed by atoms with Crippen LogP contribution in [0.5, 0.6) is 0 Å². The molecule has 7 nitrogen and oxygen atoms in total. The molecule has 1 amide bonds. The number of aliphatic hydroxyl groups is 2. The fourth-order valence-corrected chi connectivity index (χ4v) is 3.36. The maximum atomic E-state index is 12.3. The Kier molecular flexibility index (Phi) is 5.15. The van der Waals surface area contributed by atoms with Crippen LogP contribution < -0.4 is 11.1 Å². The van der Waals surface area contributed by atoms with Gasteiger partial charge in [0.2, 0.25) is 5.91 Å². The zero-order valence-electron chi connectivity index (χ0n) is 12.8. The first-order chi connectivity index (χ1) is 10.6. The number of hydrogen-bond donors (Lipinski definition) is 4. The highest BCUT2D eigenvalue weighted by molar-refractivity contribution is 6.45. The number of aliphatic hydroxyl groups excluding tert-OH is 2. The Hall–Kier alpha value is -1.02. The second-order valence-electron chi connectivity index (χ2n) is 6.14. The minimum Gasteiger partial charge on any atom is -0.512 e. The minimum absolute atomic E-state index is 0.0508. The van der Waals surface area contributed by atoms with Crippen molar-refractivity contribution in [3.63, 3.8) is 0 Å². The molecule has 0 unspecified atom stereocenters. The molecule has 1 fully saturated rings. The van der Waals surface area contributed by atoms with Gasteiger partial charge in [-0.25, -0.2) is 4.79 Å². The lowest BCUT2D eigenvalue weighted by atomic mass is 9.71. The van der Waals surface area contributed by atoms with Crippen molar-refractivity contribution in [3.8, 4) is 0 Å². The van der Waals surface area contributed by atoms with Crippen LogP contribution in [0.15, 0.2) is 11.3 Å². The van der Waals surface area contributed by atoms with Crippen molar-refractivity contribution in [2.45, 2.75) is 55.3 Å². The van der Waals surface area contributed by atoms with Gasteiger partial charge in [-0.1, -0.05) is 0 Å². The first-order valence-electron chi connectivity index (χ1n) is 7.27. The molecule has 1 aliphatic carbocycles. The highest BCUT2D eigenvalue weighted by atomic mass is 35.5. The Labute approximate surface area is 143 Å². The molecule has 0 aromatic rings. The molecule has 2 rings (SSSR count). The number of allylic oxidation sites excluding steroid dienone is 1. The highest BCUT2D eigenvalue weighted by Gasteiger charge is 2.57. The molecule has 1 aliphatic heterocycles. The lowest BCUT2D eigenvalue weighted by Gasteiger charge is -2.49. The molecule has 0 aromatic carbocycles. The van der Waals surface area contributed by atoms with Gasteiger partial charge in [0.25, 0.3) is 0 Å². The molecule has 0 radical (unpaired) electrons. The van der Waals surface area contributed by atoms with Crippen LogP contribution in [0.2, 0.25) is 0 Å². The van der Waals surface area contributed by atoms with Gasteiger partial charge >= 0.3 is 5.97 Å². The van der Waals surface area contributed by atoms with Gasteiger partial charge in [0, 0.05) is 12.3 Å². The van der Waals surface area contributed by atoms with E-state index in [1.807, 2.05) is 0 Å². The van der Waals surface area contributed by atoms with Gasteiger partial charge < -0.3 is 26.0 Å². The normalized spacial score (nSPS) is 35.6. The number of hydrogen-bond acceptors (Lipinski definition) is 6. The topological polar surface area (TPSA) is 122 Å². The number of cyclic esters (lactones) is 1. The van der Waals surface area contributed by atoms with E-state index >= 15 is 0 Å². The fourth-order valence-electron chi connectivity index (χ4n) is 3.00. The number of rotatable bonds is 3. The average molecular weight is 367 g/mol. The second kappa shape index (κ2) is 6.47. The Morgan fingerprint density at radius 2 is 2.13 bits per heavy atom. The van der Waals surface area contributed by atoms with Gasteiger partial charge in [-0.3, -0.25) is 4.79 Å². The molecule has 0 aromatic heterocycles. The van der Waals surface area contributed by atoms with E-state index in [9.17, 15) is 19.8 Å². The van der Waals surface area contributed by atoms with Crippen LogP contribution >= 0.6 is 23.2 Å². The monoisotopic (exact) mass is 366 g/mol. The average Bonchev–Trinajstić information content (AvgIpc) is 2.45. The van der Waals surface area contributed by atoms with E-state index in [-0.39, 0.29) is 24.2 Å². The maximum Gasteiger partial charge on any atom is 0.338 e. The van der Waals surface area contributed by atoms with E-state index in [1.54, 1.807) is 0 Å². The third-order valence-electron chi connectivity index (χ3n) is 4.39. The van der Waals surface area contributed by atoms with Crippen molar-refractivity contribution in [1.29, 1.82) is 0 Å². The van der Waals surface area contributed by atoms with Crippen molar-refractivity contribution >= 4 is 35.1 Å². The molecule has 9 heteroatoms. The molecule has 1 heterocycles. The van der Waals surface area contributed by atoms with Gasteiger partial charge in [0.05, 0.1) is 23.8 Å². The number of alkyl halides is 2. The number of nitrogens with one attached hydrogen (secondary N) is 1. The van der Waals surface area contributed by atoms with Gasteiger partial charge in [-0.2, -0.15) is 0 Å². The first-order valence-corrected chi connectivity index (χ1v) is 8.14. The summed E-state index contributed by atoms with van der Waals surface area (Å²) >= 11 is 12.0. The van der Waals surface area contributed by atoms with Gasteiger partial charge in [0.1, 0.15) is 10.6 Å². The van der Waals surface area contributed by atoms with Gasteiger partial charge in [-0.15, -0.1) is 23.2 Å². The van der Waals surface area contributed by atoms with Crippen LogP contribution in [0.25, 0.3) is 0 Å². The number of fused-ring (bicyclic) bond motifs is 1. The van der Waals surface area contributed by atoms with Crippen LogP contribution in [-0.2, 0) is 14.3 Å². The summed E-state index contributed by atoms with van der Waals surface area (Å²) in [4.78, 5) is 23.1. The molecule has 1 saturated heterocycles. The fraction of sp³-hybridized carbons (Fsp3) is 0.714. The number of ether oxygens (including phenoxy) is 1. The maximum absolute atomic E-state index is 12.3. The third-order valence-corrected chi connectivity index (χ3v) is 5.26. The van der Waals surface area contributed by atoms with Crippen molar-refractivity contribution in [1.82, 2.24) is 5.32 Å². The largest absolute Gasteiger partial charge is 0.512 e. The van der Waals surface area contributed by atoms with E-state index in [1.165, 1.54) is 13.8 Å². The molecule has 23 heavy (non-hydrogen) atoms. The van der Waals surface area contributed by atoms with Crippen molar-refractivity contribution in [2.75, 3.05) is 0 Å². The standard InChI is InChI=1S/C14H20Cl2N2O5/c1-5(17)11(21)18-10-8-6(19)3-4-7(20)9(8)12(22)23-14(10,2)13(15)16/h5-6,8,10,13,19-20H,3-4,17H2,1-2H3,(H,18,21)/t5-,6-,8+,10+,14-/m0/s1. The molecule has 0 bridgehead atoms. The third kappa shape index (κ3) is 3.15. The minimum atomic E-state index is -1.47. The summed E-state index contributed by atoms with van der Waals surface area (Å²) in [6.45, 7) is 2.96. The molecule has 0 saturated carbocycles. The summed E-state index contributed by atoms with van der Waals surface area (Å²) in [6, 6.07) is -1.74. The number of carbonyl (C=O) groups excluding carboxylic acids is 2. The van der Waals surface area contributed by atoms with E-state index < -0.39 is 46.4 Å². The molecule has 0 spiro atoms. The van der Waals surface area contributed by atoms with E-state index in [0.29, 0.717) is 0 Å². The van der Waals surface area contributed by atoms with Crippen molar-refractivity contribution < 1.29 is 24.5 Å². The Bertz CT molecular complexity index is 551. The Morgan fingerprint density at radius 3 is 2.65 bits per heavy atom. The number of halogens is 2. The van der Waals surface area contributed by atoms with E-state index in [2.05, 4.69) is 5.32 Å². The lowest BCUT2D eigenvalue weighted by molar-refractivity contribution is -0.170. The van der Waals surface area contributed by atoms with E-state index in [0.717, 1.165) is 0 Å². The van der Waals surface area contributed by atoms with E-state index in [4.69, 9.17) is 33.7 Å². The van der Waals surface area contributed by atoms with Crippen LogP contribution in [-0.4, -0.2) is 50.7 Å². The molecule has 5 N–H and O–H groups in total. The van der Waals surface area contributed by atoms with Crippen LogP contribution in [0.3, 0.4) is 0 Å². The summed E-state index contributed by atoms with van der Waals surface area (Å²) in [5.74, 6) is -2.35. The Balaban J connectivity index is 2.51. The predicted molar refractivity (Wildman–Crippen MR) is 84.0 cm³/mol. The summed E-state index contributed by atoms with van der Waals surface area (Å²) in [7, 11) is 0. The summed E-state index contributed by atoms with van der Waals surface area (Å²) in [5, 5.41) is 23.0. The zero-order valence-corrected chi connectivity index (χ0v) is 14.3. The van der Waals surface area contributed by atoms with Crippen molar-refractivity contribution in [2.24, 2.45) is 11.7 Å². The van der Waals surface area contributed by atoms with Crippen LogP contribution in [0.4, 0.5) is 0 Å². The number of carbonyl (C=O) groups is 2. The predicted octanol–water partition coefficient (Wildman–Crippen LogP) is 0.521. The summed E-state index contributed by atoms with van der Waals surface area (Å²) < 4.78 is 5.33. The molecule has 5 atom stereocenters. The van der Waals surface area contributed by atoms with Crippen LogP contribution in [0, 0.1) is 5.92 Å². The van der Waals surface area contributed by atoms with Crippen LogP contribution in [0.1, 0.15) is 26.7 Å². The number of nitrogens with two attached hydrogens (primary N) is 1. The molecule has 130 valence electrons. The second-order valence-corrected chi connectivity index (χ2v) is 7.24. The van der Waals surface area contributed by atoms with Crippen molar-refractivity contribution in [3.05, 3.63) is 11.3 Å². The number of amides is 1. The zero-order chi connectivity index (χ0) is 17.5. The summed E-state index contributed by atoms with van der Waals surface area (Å²) in [6.07, 6.45) is -0.570. The lowest BCUT2D eigenvalue weighted by Crippen LogP contribution is -2.67. The van der Waals surface area contributed by atoms with Gasteiger partial charge in [0.15, 0.2) is 5.60 Å². The highest BCUT2D eigenvalue weighted by Crippen LogP contribution is 2.44. The quantitative estimate of drug-likeness (QED) is 0.426.